The van der Waals surface area contributed by atoms with E-state index < -0.39 is 23.0 Å². The normalized spacial score (nSPS) is 33.5. The van der Waals surface area contributed by atoms with Gasteiger partial charge in [0.25, 0.3) is 0 Å². The van der Waals surface area contributed by atoms with E-state index in [4.69, 9.17) is 9.47 Å². The summed E-state index contributed by atoms with van der Waals surface area (Å²) in [6, 6.07) is 0. The molecule has 0 spiro atoms. The lowest BCUT2D eigenvalue weighted by atomic mass is 9.56. The predicted molar refractivity (Wildman–Crippen MR) is 81.1 cm³/mol. The molecule has 22 heavy (non-hydrogen) atoms. The minimum atomic E-state index is -1.28. The number of fused-ring (bicyclic) bond motifs is 2. The average molecular weight is 308 g/mol. The van der Waals surface area contributed by atoms with Crippen molar-refractivity contribution in [1.29, 1.82) is 0 Å². The van der Waals surface area contributed by atoms with E-state index in [0.29, 0.717) is 18.6 Å². The summed E-state index contributed by atoms with van der Waals surface area (Å²) in [5.74, 6) is -1.40. The molecule has 0 aromatic heterocycles. The van der Waals surface area contributed by atoms with Crippen LogP contribution in [0.25, 0.3) is 0 Å². The number of hydrogen-bond donors (Lipinski definition) is 1. The molecule has 1 saturated carbocycles. The molecule has 1 N–H and O–H groups in total. The van der Waals surface area contributed by atoms with Crippen LogP contribution in [0.15, 0.2) is 24.3 Å². The molecular formula is C17H24O5. The van der Waals surface area contributed by atoms with Crippen LogP contribution < -0.4 is 0 Å². The average Bonchev–Trinajstić information content (AvgIpc) is 2.44. The largest absolute Gasteiger partial charge is 0.392 e. The number of aliphatic hydroxyl groups is 1. The van der Waals surface area contributed by atoms with Gasteiger partial charge in [-0.3, -0.25) is 9.59 Å². The van der Waals surface area contributed by atoms with Gasteiger partial charge >= 0.3 is 0 Å². The lowest BCUT2D eigenvalue weighted by molar-refractivity contribution is -0.190. The number of ether oxygens (including phenoxy) is 2. The molecule has 2 bridgehead atoms. The van der Waals surface area contributed by atoms with Crippen molar-refractivity contribution in [3.8, 4) is 0 Å². The summed E-state index contributed by atoms with van der Waals surface area (Å²) in [6.45, 7) is 9.40. The highest BCUT2D eigenvalue weighted by molar-refractivity contribution is 6.18. The molecule has 2 aliphatic carbocycles. The van der Waals surface area contributed by atoms with Crippen LogP contribution in [0.3, 0.4) is 0 Å². The van der Waals surface area contributed by atoms with E-state index in [1.807, 2.05) is 6.92 Å². The van der Waals surface area contributed by atoms with Crippen molar-refractivity contribution < 1.29 is 24.2 Å². The van der Waals surface area contributed by atoms with Crippen LogP contribution in [0, 0.1) is 11.3 Å². The van der Waals surface area contributed by atoms with E-state index >= 15 is 0 Å². The first kappa shape index (κ1) is 17.1. The number of allylic oxidation sites excluding steroid dienone is 2. The summed E-state index contributed by atoms with van der Waals surface area (Å²) in [4.78, 5) is 25.5. The summed E-state index contributed by atoms with van der Waals surface area (Å²) in [7, 11) is 0. The fourth-order valence-corrected chi connectivity index (χ4v) is 3.27. The van der Waals surface area contributed by atoms with Gasteiger partial charge in [0, 0.05) is 18.4 Å². The van der Waals surface area contributed by atoms with Gasteiger partial charge in [-0.05, 0) is 25.0 Å². The number of carbonyl (C=O) groups is 2. The standard InChI is InChI=1S/C17H24O5/c1-5-7-11-8-17(22-10-21-6-2)9-12(18)16(3,4)13(14(11)19)15(17)20/h5,8,12-13,18H,1,6-7,9-10H2,2-4H3. The van der Waals surface area contributed by atoms with Crippen LogP contribution >= 0.6 is 0 Å². The maximum Gasteiger partial charge on any atom is 0.180 e. The Hall–Kier alpha value is -1.30. The summed E-state index contributed by atoms with van der Waals surface area (Å²) in [6.07, 6.45) is 2.91. The molecule has 2 aliphatic rings. The fourth-order valence-electron chi connectivity index (χ4n) is 3.27. The highest BCUT2D eigenvalue weighted by Gasteiger charge is 2.61. The third-order valence-electron chi connectivity index (χ3n) is 4.73. The Labute approximate surface area is 131 Å². The second kappa shape index (κ2) is 6.07. The maximum absolute atomic E-state index is 12.9. The van der Waals surface area contributed by atoms with Gasteiger partial charge in [0.1, 0.15) is 6.79 Å². The van der Waals surface area contributed by atoms with Crippen molar-refractivity contribution >= 4 is 11.6 Å². The molecule has 0 aliphatic heterocycles. The Balaban J connectivity index is 2.47. The zero-order valence-corrected chi connectivity index (χ0v) is 13.4. The van der Waals surface area contributed by atoms with Gasteiger partial charge in [-0.2, -0.15) is 0 Å². The molecule has 1 fully saturated rings. The van der Waals surface area contributed by atoms with Gasteiger partial charge in [0.15, 0.2) is 17.2 Å². The minimum Gasteiger partial charge on any atom is -0.392 e. The van der Waals surface area contributed by atoms with Crippen LogP contribution in [-0.4, -0.2) is 41.8 Å². The number of rotatable bonds is 6. The molecule has 2 rings (SSSR count). The van der Waals surface area contributed by atoms with Crippen molar-refractivity contribution in [1.82, 2.24) is 0 Å². The van der Waals surface area contributed by atoms with Gasteiger partial charge in [-0.25, -0.2) is 0 Å². The second-order valence-corrected chi connectivity index (χ2v) is 6.51. The fraction of sp³-hybridized carbons (Fsp3) is 0.647. The third-order valence-corrected chi connectivity index (χ3v) is 4.73. The Kier molecular flexibility index (Phi) is 4.70. The Morgan fingerprint density at radius 3 is 2.73 bits per heavy atom. The topological polar surface area (TPSA) is 72.8 Å². The first-order chi connectivity index (χ1) is 10.3. The number of aliphatic hydroxyl groups excluding tert-OH is 1. The smallest absolute Gasteiger partial charge is 0.180 e. The summed E-state index contributed by atoms with van der Waals surface area (Å²) in [5, 5.41) is 10.4. The van der Waals surface area contributed by atoms with E-state index in [1.54, 1.807) is 26.0 Å². The highest BCUT2D eigenvalue weighted by Crippen LogP contribution is 2.49. The van der Waals surface area contributed by atoms with Gasteiger partial charge in [0.05, 0.1) is 12.0 Å². The molecule has 0 radical (unpaired) electrons. The first-order valence-electron chi connectivity index (χ1n) is 7.61. The molecule has 0 amide bonds. The molecule has 0 saturated heterocycles. The van der Waals surface area contributed by atoms with Crippen molar-refractivity contribution in [2.24, 2.45) is 11.3 Å². The minimum absolute atomic E-state index is 0.0475. The lowest BCUT2D eigenvalue weighted by Crippen LogP contribution is -2.63. The van der Waals surface area contributed by atoms with Crippen LogP contribution in [0.2, 0.25) is 0 Å². The molecule has 5 nitrogen and oxygen atoms in total. The Morgan fingerprint density at radius 2 is 2.14 bits per heavy atom. The van der Waals surface area contributed by atoms with Crippen LogP contribution in [-0.2, 0) is 19.1 Å². The molecule has 5 heteroatoms. The van der Waals surface area contributed by atoms with Gasteiger partial charge in [-0.1, -0.05) is 19.9 Å². The SMILES string of the molecule is C=CCC1=CC2(OCOCC)CC(O)C(C)(C)C(C1=O)C2=O. The number of hydrogen-bond acceptors (Lipinski definition) is 5. The number of Topliss-reactive ketones (excluding diaryl/α,β-unsaturated/α-hetero) is 2. The third kappa shape index (κ3) is 2.57. The summed E-state index contributed by atoms with van der Waals surface area (Å²) >= 11 is 0. The van der Waals surface area contributed by atoms with E-state index in [-0.39, 0.29) is 24.8 Å². The Morgan fingerprint density at radius 1 is 1.45 bits per heavy atom. The lowest BCUT2D eigenvalue weighted by Gasteiger charge is -2.50. The van der Waals surface area contributed by atoms with Crippen molar-refractivity contribution in [3.63, 3.8) is 0 Å². The van der Waals surface area contributed by atoms with E-state index in [0.717, 1.165) is 0 Å². The zero-order chi connectivity index (χ0) is 16.5. The molecule has 0 aromatic rings. The van der Waals surface area contributed by atoms with Crippen molar-refractivity contribution in [2.75, 3.05) is 13.4 Å². The summed E-state index contributed by atoms with van der Waals surface area (Å²) < 4.78 is 10.9. The van der Waals surface area contributed by atoms with Gasteiger partial charge in [0.2, 0.25) is 0 Å². The monoisotopic (exact) mass is 308 g/mol. The molecule has 3 unspecified atom stereocenters. The van der Waals surface area contributed by atoms with Gasteiger partial charge < -0.3 is 14.6 Å². The quantitative estimate of drug-likeness (QED) is 0.350. The summed E-state index contributed by atoms with van der Waals surface area (Å²) in [5.41, 5.74) is -1.56. The van der Waals surface area contributed by atoms with Gasteiger partial charge in [-0.15, -0.1) is 6.58 Å². The number of carbonyl (C=O) groups excluding carboxylic acids is 2. The molecule has 122 valence electrons. The first-order valence-corrected chi connectivity index (χ1v) is 7.61. The van der Waals surface area contributed by atoms with Crippen LogP contribution in [0.1, 0.15) is 33.6 Å². The molecule has 0 aromatic carbocycles. The van der Waals surface area contributed by atoms with Crippen LogP contribution in [0.4, 0.5) is 0 Å². The Bertz CT molecular complexity index is 519. The molecule has 3 atom stereocenters. The molecule has 0 heterocycles. The predicted octanol–water partition coefficient (Wildman–Crippen LogP) is 1.80. The maximum atomic E-state index is 12.9. The van der Waals surface area contributed by atoms with E-state index in [9.17, 15) is 14.7 Å². The second-order valence-electron chi connectivity index (χ2n) is 6.51. The zero-order valence-electron chi connectivity index (χ0n) is 13.4. The highest BCUT2D eigenvalue weighted by atomic mass is 16.7. The molecular weight excluding hydrogens is 284 g/mol. The van der Waals surface area contributed by atoms with Crippen LogP contribution in [0.5, 0.6) is 0 Å². The van der Waals surface area contributed by atoms with E-state index in [2.05, 4.69) is 6.58 Å². The number of ketones is 2. The van der Waals surface area contributed by atoms with Crippen molar-refractivity contribution in [3.05, 3.63) is 24.3 Å². The van der Waals surface area contributed by atoms with Crippen molar-refractivity contribution in [2.45, 2.75) is 45.3 Å². The van der Waals surface area contributed by atoms with E-state index in [1.165, 1.54) is 0 Å².